The molecule has 1 atom stereocenters. The first-order valence-electron chi connectivity index (χ1n) is 11.4. The molecule has 2 aromatic carbocycles. The number of benzene rings is 2. The van der Waals surface area contributed by atoms with Crippen LogP contribution in [0.3, 0.4) is 0 Å². The lowest BCUT2D eigenvalue weighted by molar-refractivity contribution is -0.133. The van der Waals surface area contributed by atoms with Gasteiger partial charge in [0.1, 0.15) is 6.33 Å². The van der Waals surface area contributed by atoms with E-state index in [1.807, 2.05) is 59.5 Å². The molecule has 1 aliphatic heterocycles. The van der Waals surface area contributed by atoms with Crippen LogP contribution in [0.1, 0.15) is 30.4 Å². The lowest BCUT2D eigenvalue weighted by Crippen LogP contribution is -2.50. The third-order valence-electron chi connectivity index (χ3n) is 6.30. The molecule has 1 saturated heterocycles. The highest BCUT2D eigenvalue weighted by molar-refractivity contribution is 5.85. The molecule has 1 aliphatic rings. The third kappa shape index (κ3) is 4.04. The Balaban J connectivity index is 1.33. The molecule has 1 fully saturated rings. The number of nitrogens with zero attached hydrogens (tertiary/aromatic N) is 7. The van der Waals surface area contributed by atoms with Gasteiger partial charge in [0, 0.05) is 26.2 Å². The monoisotopic (exact) mass is 441 g/mol. The molecule has 4 aromatic rings. The Morgan fingerprint density at radius 1 is 0.970 bits per heavy atom. The second-order valence-electron chi connectivity index (χ2n) is 8.39. The Morgan fingerprint density at radius 3 is 2.39 bits per heavy atom. The molecule has 1 amide bonds. The Bertz CT molecular complexity index is 1240. The molecule has 0 aliphatic carbocycles. The predicted octanol–water partition coefficient (Wildman–Crippen LogP) is 3.36. The van der Waals surface area contributed by atoms with Crippen LogP contribution in [0.25, 0.3) is 16.9 Å². The molecule has 0 bridgehead atoms. The second kappa shape index (κ2) is 8.97. The minimum absolute atomic E-state index is 0.0992. The van der Waals surface area contributed by atoms with Crippen LogP contribution in [0.15, 0.2) is 60.9 Å². The molecule has 3 heterocycles. The van der Waals surface area contributed by atoms with Crippen molar-refractivity contribution in [3.05, 3.63) is 72.1 Å². The molecular weight excluding hydrogens is 414 g/mol. The van der Waals surface area contributed by atoms with Crippen molar-refractivity contribution in [3.63, 3.8) is 0 Å². The molecule has 1 unspecified atom stereocenters. The van der Waals surface area contributed by atoms with E-state index in [0.29, 0.717) is 37.3 Å². The molecule has 2 aromatic heterocycles. The maximum atomic E-state index is 13.2. The van der Waals surface area contributed by atoms with Crippen LogP contribution in [-0.4, -0.2) is 61.9 Å². The average Bonchev–Trinajstić information content (AvgIpc) is 3.30. The van der Waals surface area contributed by atoms with Crippen LogP contribution in [0.2, 0.25) is 0 Å². The summed E-state index contributed by atoms with van der Waals surface area (Å²) in [5, 5.41) is 8.73. The quantitative estimate of drug-likeness (QED) is 0.473. The van der Waals surface area contributed by atoms with E-state index >= 15 is 0 Å². The summed E-state index contributed by atoms with van der Waals surface area (Å²) >= 11 is 0. The molecule has 8 nitrogen and oxygen atoms in total. The van der Waals surface area contributed by atoms with E-state index in [4.69, 9.17) is 0 Å². The van der Waals surface area contributed by atoms with Gasteiger partial charge in [-0.25, -0.2) is 9.97 Å². The Kier molecular flexibility index (Phi) is 5.73. The number of aryl methyl sites for hydroxylation is 1. The largest absolute Gasteiger partial charge is 0.351 e. The normalized spacial score (nSPS) is 15.1. The summed E-state index contributed by atoms with van der Waals surface area (Å²) in [7, 11) is 0. The lowest BCUT2D eigenvalue weighted by atomic mass is 9.95. The SMILES string of the molecule is CCC(C(=O)N1CCN(c2ncnc3c2nnn3-c2ccc(C)cc2)CC1)c1ccccc1. The average molecular weight is 442 g/mol. The number of aromatic nitrogens is 5. The number of fused-ring (bicyclic) bond motifs is 1. The highest BCUT2D eigenvalue weighted by Crippen LogP contribution is 2.26. The summed E-state index contributed by atoms with van der Waals surface area (Å²) < 4.78 is 1.74. The van der Waals surface area contributed by atoms with Gasteiger partial charge < -0.3 is 9.80 Å². The summed E-state index contributed by atoms with van der Waals surface area (Å²) in [6.45, 7) is 6.82. The van der Waals surface area contributed by atoms with E-state index in [1.165, 1.54) is 5.56 Å². The van der Waals surface area contributed by atoms with Gasteiger partial charge in [0.15, 0.2) is 17.0 Å². The highest BCUT2D eigenvalue weighted by Gasteiger charge is 2.29. The molecule has 168 valence electrons. The molecule has 0 radical (unpaired) electrons. The predicted molar refractivity (Wildman–Crippen MR) is 127 cm³/mol. The van der Waals surface area contributed by atoms with Crippen molar-refractivity contribution in [2.45, 2.75) is 26.2 Å². The fourth-order valence-electron chi connectivity index (χ4n) is 4.43. The van der Waals surface area contributed by atoms with Gasteiger partial charge in [-0.3, -0.25) is 4.79 Å². The van der Waals surface area contributed by atoms with Gasteiger partial charge in [-0.2, -0.15) is 4.68 Å². The van der Waals surface area contributed by atoms with Gasteiger partial charge in [0.25, 0.3) is 0 Å². The van der Waals surface area contributed by atoms with Gasteiger partial charge in [0.05, 0.1) is 11.6 Å². The lowest BCUT2D eigenvalue weighted by Gasteiger charge is -2.37. The molecular formula is C25H27N7O. The van der Waals surface area contributed by atoms with Gasteiger partial charge in [-0.15, -0.1) is 5.10 Å². The number of amides is 1. The van der Waals surface area contributed by atoms with Crippen LogP contribution in [-0.2, 0) is 4.79 Å². The number of hydrogen-bond donors (Lipinski definition) is 0. The molecule has 33 heavy (non-hydrogen) atoms. The summed E-state index contributed by atoms with van der Waals surface area (Å²) in [6.07, 6.45) is 2.35. The van der Waals surface area contributed by atoms with Crippen molar-refractivity contribution in [2.24, 2.45) is 0 Å². The summed E-state index contributed by atoms with van der Waals surface area (Å²) in [6, 6.07) is 18.1. The number of carbonyl (C=O) groups excluding carboxylic acids is 1. The van der Waals surface area contributed by atoms with Gasteiger partial charge >= 0.3 is 0 Å². The van der Waals surface area contributed by atoms with Crippen LogP contribution >= 0.6 is 0 Å². The Hall–Kier alpha value is -3.81. The minimum Gasteiger partial charge on any atom is -0.351 e. The number of hydrogen-bond acceptors (Lipinski definition) is 6. The number of rotatable bonds is 5. The molecule has 0 spiro atoms. The van der Waals surface area contributed by atoms with Crippen molar-refractivity contribution in [1.82, 2.24) is 29.9 Å². The number of anilines is 1. The fourth-order valence-corrected chi connectivity index (χ4v) is 4.43. The summed E-state index contributed by atoms with van der Waals surface area (Å²) in [4.78, 5) is 26.3. The zero-order valence-corrected chi connectivity index (χ0v) is 18.9. The van der Waals surface area contributed by atoms with Crippen LogP contribution < -0.4 is 4.90 Å². The van der Waals surface area contributed by atoms with Crippen molar-refractivity contribution < 1.29 is 4.79 Å². The third-order valence-corrected chi connectivity index (χ3v) is 6.30. The standard InChI is InChI=1S/C25H27N7O/c1-3-21(19-7-5-4-6-8-19)25(33)31-15-13-30(14-16-31)23-22-24(27-17-26-23)32(29-28-22)20-11-9-18(2)10-12-20/h4-12,17,21H,3,13-16H2,1-2H3. The first-order chi connectivity index (χ1) is 16.2. The molecule has 8 heteroatoms. The van der Waals surface area contributed by atoms with E-state index in [1.54, 1.807) is 11.0 Å². The Labute approximate surface area is 192 Å². The van der Waals surface area contributed by atoms with E-state index < -0.39 is 0 Å². The van der Waals surface area contributed by atoms with Crippen LogP contribution in [0.4, 0.5) is 5.82 Å². The second-order valence-corrected chi connectivity index (χ2v) is 8.39. The topological polar surface area (TPSA) is 80.0 Å². The number of piperazine rings is 1. The van der Waals surface area contributed by atoms with Crippen LogP contribution in [0, 0.1) is 6.92 Å². The fraction of sp³-hybridized carbons (Fsp3) is 0.320. The van der Waals surface area contributed by atoms with Gasteiger partial charge in [0.2, 0.25) is 5.91 Å². The van der Waals surface area contributed by atoms with Crippen molar-refractivity contribution >= 4 is 22.9 Å². The molecule has 0 saturated carbocycles. The number of carbonyl (C=O) groups is 1. The van der Waals surface area contributed by atoms with Gasteiger partial charge in [-0.1, -0.05) is 60.2 Å². The minimum atomic E-state index is -0.0992. The Morgan fingerprint density at radius 2 is 1.70 bits per heavy atom. The maximum Gasteiger partial charge on any atom is 0.230 e. The first-order valence-corrected chi connectivity index (χ1v) is 11.4. The summed E-state index contributed by atoms with van der Waals surface area (Å²) in [5.41, 5.74) is 4.53. The highest BCUT2D eigenvalue weighted by atomic mass is 16.2. The van der Waals surface area contributed by atoms with Gasteiger partial charge in [-0.05, 0) is 31.0 Å². The molecule has 5 rings (SSSR count). The van der Waals surface area contributed by atoms with Crippen molar-refractivity contribution in [2.75, 3.05) is 31.1 Å². The van der Waals surface area contributed by atoms with Crippen molar-refractivity contribution in [1.29, 1.82) is 0 Å². The van der Waals surface area contributed by atoms with E-state index in [0.717, 1.165) is 23.5 Å². The van der Waals surface area contributed by atoms with E-state index in [-0.39, 0.29) is 11.8 Å². The maximum absolute atomic E-state index is 13.2. The van der Waals surface area contributed by atoms with Crippen LogP contribution in [0.5, 0.6) is 0 Å². The zero-order chi connectivity index (χ0) is 22.8. The smallest absolute Gasteiger partial charge is 0.230 e. The van der Waals surface area contributed by atoms with Crippen molar-refractivity contribution in [3.8, 4) is 5.69 Å². The first kappa shape index (κ1) is 21.1. The summed E-state index contributed by atoms with van der Waals surface area (Å²) in [5.74, 6) is 0.861. The molecule has 0 N–H and O–H groups in total. The zero-order valence-electron chi connectivity index (χ0n) is 18.9. The van der Waals surface area contributed by atoms with E-state index in [9.17, 15) is 4.79 Å². The van der Waals surface area contributed by atoms with E-state index in [2.05, 4.69) is 39.0 Å².